The largest absolute Gasteiger partial charge is 0.394 e. The number of amides is 1. The standard InChI is InChI=1S/C40H79NO10/c1-3-5-7-8-9-10-11-12-13-14-15-16-17-18-19-20-21-22-23-24-26-28-33(44)39(49)41-31(35(45)32(43)27-25-6-4-2)30-50-40-38(48)37(47)36(46)34(29-42)51-40/h31-38,40,42-48H,3-30H2,1-2H3,(H,41,49). The van der Waals surface area contributed by atoms with E-state index in [1.807, 2.05) is 6.92 Å². The molecule has 51 heavy (non-hydrogen) atoms. The number of ether oxygens (including phenoxy) is 2. The predicted molar refractivity (Wildman–Crippen MR) is 201 cm³/mol. The van der Waals surface area contributed by atoms with Crippen molar-refractivity contribution in [3.05, 3.63) is 0 Å². The maximum atomic E-state index is 12.9. The lowest BCUT2D eigenvalue weighted by Crippen LogP contribution is -2.60. The molecule has 0 aliphatic carbocycles. The Morgan fingerprint density at radius 1 is 0.608 bits per heavy atom. The summed E-state index contributed by atoms with van der Waals surface area (Å²) in [5.74, 6) is -0.703. The average Bonchev–Trinajstić information content (AvgIpc) is 3.13. The summed E-state index contributed by atoms with van der Waals surface area (Å²) < 4.78 is 10.9. The fourth-order valence-electron chi connectivity index (χ4n) is 6.85. The minimum atomic E-state index is -1.65. The highest BCUT2D eigenvalue weighted by Gasteiger charge is 2.44. The zero-order valence-corrected chi connectivity index (χ0v) is 32.4. The van der Waals surface area contributed by atoms with Gasteiger partial charge in [-0.15, -0.1) is 0 Å². The molecule has 1 fully saturated rings. The lowest BCUT2D eigenvalue weighted by Gasteiger charge is -2.40. The number of unbranched alkanes of at least 4 members (excludes halogenated alkanes) is 22. The van der Waals surface area contributed by atoms with E-state index in [4.69, 9.17) is 9.47 Å². The Morgan fingerprint density at radius 3 is 1.47 bits per heavy atom. The number of hydrogen-bond donors (Lipinski definition) is 8. The summed E-state index contributed by atoms with van der Waals surface area (Å²) in [5, 5.41) is 74.5. The van der Waals surface area contributed by atoms with E-state index in [1.165, 1.54) is 109 Å². The summed E-state index contributed by atoms with van der Waals surface area (Å²) in [6.45, 7) is 3.23. The smallest absolute Gasteiger partial charge is 0.249 e. The van der Waals surface area contributed by atoms with E-state index in [-0.39, 0.29) is 6.42 Å². The molecule has 8 N–H and O–H groups in total. The summed E-state index contributed by atoms with van der Waals surface area (Å²) in [6.07, 6.45) is 18.5. The molecule has 0 aromatic heterocycles. The molecule has 0 bridgehead atoms. The van der Waals surface area contributed by atoms with Crippen molar-refractivity contribution in [1.29, 1.82) is 0 Å². The first kappa shape index (κ1) is 48.1. The highest BCUT2D eigenvalue weighted by molar-refractivity contribution is 5.80. The molecule has 0 aromatic carbocycles. The van der Waals surface area contributed by atoms with Crippen LogP contribution in [0.2, 0.25) is 0 Å². The van der Waals surface area contributed by atoms with E-state index in [0.717, 1.165) is 32.1 Å². The van der Waals surface area contributed by atoms with Crippen LogP contribution in [0.3, 0.4) is 0 Å². The van der Waals surface area contributed by atoms with Gasteiger partial charge in [-0.3, -0.25) is 4.79 Å². The van der Waals surface area contributed by atoms with E-state index in [0.29, 0.717) is 19.3 Å². The van der Waals surface area contributed by atoms with Gasteiger partial charge in [-0.1, -0.05) is 168 Å². The molecule has 1 aliphatic rings. The number of rotatable bonds is 34. The third-order valence-electron chi connectivity index (χ3n) is 10.4. The molecule has 11 nitrogen and oxygen atoms in total. The molecular weight excluding hydrogens is 654 g/mol. The maximum Gasteiger partial charge on any atom is 0.249 e. The third kappa shape index (κ3) is 22.2. The first-order chi connectivity index (χ1) is 24.7. The van der Waals surface area contributed by atoms with Crippen LogP contribution in [0.5, 0.6) is 0 Å². The van der Waals surface area contributed by atoms with Crippen LogP contribution in [0.4, 0.5) is 0 Å². The first-order valence-corrected chi connectivity index (χ1v) is 20.9. The van der Waals surface area contributed by atoms with Crippen LogP contribution in [-0.4, -0.2) is 110 Å². The van der Waals surface area contributed by atoms with E-state index < -0.39 is 74.2 Å². The number of aliphatic hydroxyl groups excluding tert-OH is 7. The molecule has 1 saturated heterocycles. The highest BCUT2D eigenvalue weighted by atomic mass is 16.7. The SMILES string of the molecule is CCCCCCCCCCCCCCCCCCCCCCCC(O)C(=O)NC(COC1OC(CO)C(O)C(O)C1O)C(O)C(O)CCCCC. The minimum absolute atomic E-state index is 0.264. The molecule has 1 heterocycles. The van der Waals surface area contributed by atoms with Gasteiger partial charge >= 0.3 is 0 Å². The van der Waals surface area contributed by atoms with Crippen LogP contribution < -0.4 is 5.32 Å². The van der Waals surface area contributed by atoms with E-state index in [9.17, 15) is 40.5 Å². The van der Waals surface area contributed by atoms with Crippen molar-refractivity contribution in [2.24, 2.45) is 0 Å². The van der Waals surface area contributed by atoms with E-state index in [2.05, 4.69) is 12.2 Å². The molecule has 0 radical (unpaired) electrons. The quantitative estimate of drug-likeness (QED) is 0.0390. The molecule has 0 saturated carbocycles. The zero-order valence-electron chi connectivity index (χ0n) is 32.4. The van der Waals surface area contributed by atoms with Gasteiger partial charge in [0.15, 0.2) is 6.29 Å². The van der Waals surface area contributed by atoms with Gasteiger partial charge in [0.1, 0.15) is 36.6 Å². The lowest BCUT2D eigenvalue weighted by molar-refractivity contribution is -0.303. The average molecular weight is 734 g/mol. The second-order valence-corrected chi connectivity index (χ2v) is 15.1. The second-order valence-electron chi connectivity index (χ2n) is 15.1. The van der Waals surface area contributed by atoms with E-state index in [1.54, 1.807) is 0 Å². The highest BCUT2D eigenvalue weighted by Crippen LogP contribution is 2.23. The van der Waals surface area contributed by atoms with Crippen molar-refractivity contribution >= 4 is 5.91 Å². The van der Waals surface area contributed by atoms with Gasteiger partial charge < -0.3 is 50.5 Å². The molecule has 1 amide bonds. The van der Waals surface area contributed by atoms with E-state index >= 15 is 0 Å². The summed E-state index contributed by atoms with van der Waals surface area (Å²) in [4.78, 5) is 12.9. The summed E-state index contributed by atoms with van der Waals surface area (Å²) in [6, 6.07) is -1.16. The Labute approximate surface area is 309 Å². The van der Waals surface area contributed by atoms with Crippen molar-refractivity contribution in [2.45, 2.75) is 236 Å². The molecule has 9 unspecified atom stereocenters. The van der Waals surface area contributed by atoms with Crippen molar-refractivity contribution in [3.63, 3.8) is 0 Å². The maximum absolute atomic E-state index is 12.9. The molecule has 304 valence electrons. The molecule has 11 heteroatoms. The molecule has 0 aromatic rings. The normalized spacial score (nSPS) is 23.2. The monoisotopic (exact) mass is 734 g/mol. The van der Waals surface area contributed by atoms with Gasteiger partial charge in [0.05, 0.1) is 25.4 Å². The Balaban J connectivity index is 2.25. The third-order valence-corrected chi connectivity index (χ3v) is 10.4. The van der Waals surface area contributed by atoms with Crippen LogP contribution in [-0.2, 0) is 14.3 Å². The minimum Gasteiger partial charge on any atom is -0.394 e. The first-order valence-electron chi connectivity index (χ1n) is 20.9. The zero-order chi connectivity index (χ0) is 37.7. The summed E-state index contributed by atoms with van der Waals surface area (Å²) >= 11 is 0. The Hall–Kier alpha value is -0.890. The van der Waals surface area contributed by atoms with Crippen LogP contribution in [0.1, 0.15) is 181 Å². The van der Waals surface area contributed by atoms with Crippen molar-refractivity contribution in [2.75, 3.05) is 13.2 Å². The summed E-state index contributed by atoms with van der Waals surface area (Å²) in [5.41, 5.74) is 0. The molecule has 1 aliphatic heterocycles. The number of aliphatic hydroxyl groups is 7. The number of carbonyl (C=O) groups excluding carboxylic acids is 1. The van der Waals surface area contributed by atoms with Crippen LogP contribution >= 0.6 is 0 Å². The fourth-order valence-corrected chi connectivity index (χ4v) is 6.85. The number of nitrogens with one attached hydrogen (secondary N) is 1. The second kappa shape index (κ2) is 31.5. The molecule has 9 atom stereocenters. The van der Waals surface area contributed by atoms with Gasteiger partial charge in [0, 0.05) is 0 Å². The lowest BCUT2D eigenvalue weighted by atomic mass is 9.98. The molecule has 0 spiro atoms. The van der Waals surface area contributed by atoms with Crippen molar-refractivity contribution < 1.29 is 50.0 Å². The topological polar surface area (TPSA) is 189 Å². The van der Waals surface area contributed by atoms with Crippen molar-refractivity contribution in [1.82, 2.24) is 5.32 Å². The van der Waals surface area contributed by atoms with Crippen molar-refractivity contribution in [3.8, 4) is 0 Å². The van der Waals surface area contributed by atoms with Crippen LogP contribution in [0.15, 0.2) is 0 Å². The Kier molecular flexibility index (Phi) is 29.7. The Bertz CT molecular complexity index is 805. The van der Waals surface area contributed by atoms with Crippen LogP contribution in [0.25, 0.3) is 0 Å². The Morgan fingerprint density at radius 2 is 1.02 bits per heavy atom. The predicted octanol–water partition coefficient (Wildman–Crippen LogP) is 5.55. The van der Waals surface area contributed by atoms with Gasteiger partial charge in [-0.2, -0.15) is 0 Å². The van der Waals surface area contributed by atoms with Gasteiger partial charge in [-0.05, 0) is 12.8 Å². The fraction of sp³-hybridized carbons (Fsp3) is 0.975. The number of carbonyl (C=O) groups is 1. The number of hydrogen-bond acceptors (Lipinski definition) is 10. The van der Waals surface area contributed by atoms with Crippen LogP contribution in [0, 0.1) is 0 Å². The molecular formula is C40H79NO10. The van der Waals surface area contributed by atoms with Gasteiger partial charge in [0.2, 0.25) is 5.91 Å². The van der Waals surface area contributed by atoms with Gasteiger partial charge in [-0.25, -0.2) is 0 Å². The summed E-state index contributed by atoms with van der Waals surface area (Å²) in [7, 11) is 0. The van der Waals surface area contributed by atoms with Gasteiger partial charge in [0.25, 0.3) is 0 Å². The molecule has 1 rings (SSSR count).